The van der Waals surface area contributed by atoms with E-state index in [1.165, 1.54) is 23.9 Å². The number of benzene rings is 2. The predicted molar refractivity (Wildman–Crippen MR) is 111 cm³/mol. The number of likely N-dealkylation sites (tertiary alicyclic amines) is 1. The van der Waals surface area contributed by atoms with Gasteiger partial charge in [-0.25, -0.2) is 17.2 Å². The Labute approximate surface area is 200 Å². The molecule has 2 unspecified atom stereocenters. The molecule has 0 N–H and O–H groups in total. The molecule has 2 aliphatic heterocycles. The Balaban J connectivity index is 2.04. The van der Waals surface area contributed by atoms with Gasteiger partial charge < -0.3 is 4.90 Å². The lowest BCUT2D eigenvalue weighted by Crippen LogP contribution is -2.58. The number of Topliss-reactive ketones (excluding diaryl/α,β-unsaturated/α-hetero) is 1. The zero-order valence-corrected chi connectivity index (χ0v) is 19.4. The summed E-state index contributed by atoms with van der Waals surface area (Å²) in [6, 6.07) is 3.50. The molecule has 0 bridgehead atoms. The minimum atomic E-state index is -6.38. The van der Waals surface area contributed by atoms with Crippen molar-refractivity contribution in [3.8, 4) is 0 Å². The molecule has 4 rings (SSSR count). The van der Waals surface area contributed by atoms with E-state index in [9.17, 15) is 48.3 Å². The molecule has 0 radical (unpaired) electrons. The Kier molecular flexibility index (Phi) is 5.76. The highest BCUT2D eigenvalue weighted by molar-refractivity contribution is 7.93. The standard InChI is InChI=1S/C22H18F8N2O3S/c1-31-10-17-19(18(33)11-32(17)2,36(34,35)14-6-4-13(23)5-7-14)15-8-3-12(9-16(15)31)20(24,21(25,26)27)22(28,29)30/h3-9,17H,10-11H2,1-2H3. The first-order valence-electron chi connectivity index (χ1n) is 10.3. The van der Waals surface area contributed by atoms with Gasteiger partial charge in [0, 0.05) is 30.4 Å². The lowest BCUT2D eigenvalue weighted by atomic mass is 9.82. The quantitative estimate of drug-likeness (QED) is 0.432. The molecule has 0 saturated carbocycles. The van der Waals surface area contributed by atoms with Crippen molar-refractivity contribution in [2.75, 3.05) is 32.1 Å². The number of anilines is 1. The summed E-state index contributed by atoms with van der Waals surface area (Å²) in [7, 11) is -2.01. The van der Waals surface area contributed by atoms with E-state index in [0.29, 0.717) is 6.07 Å². The van der Waals surface area contributed by atoms with Gasteiger partial charge in [0.05, 0.1) is 17.5 Å². The van der Waals surface area contributed by atoms with Gasteiger partial charge in [0.1, 0.15) is 5.82 Å². The highest BCUT2D eigenvalue weighted by Gasteiger charge is 2.74. The number of likely N-dealkylation sites (N-methyl/N-ethyl adjacent to an activating group) is 2. The van der Waals surface area contributed by atoms with Crippen LogP contribution >= 0.6 is 0 Å². The fourth-order valence-corrected chi connectivity index (χ4v) is 7.35. The number of fused-ring (bicyclic) bond motifs is 3. The van der Waals surface area contributed by atoms with Gasteiger partial charge in [-0.05, 0) is 37.4 Å². The number of carbonyl (C=O) groups excluding carboxylic acids is 1. The van der Waals surface area contributed by atoms with Crippen LogP contribution in [0.15, 0.2) is 47.4 Å². The topological polar surface area (TPSA) is 57.7 Å². The maximum absolute atomic E-state index is 14.8. The van der Waals surface area contributed by atoms with Crippen LogP contribution in [-0.4, -0.2) is 64.7 Å². The lowest BCUT2D eigenvalue weighted by molar-refractivity contribution is -0.348. The van der Waals surface area contributed by atoms with Crippen molar-refractivity contribution in [2.24, 2.45) is 0 Å². The lowest BCUT2D eigenvalue weighted by Gasteiger charge is -2.45. The van der Waals surface area contributed by atoms with Gasteiger partial charge in [-0.3, -0.25) is 9.69 Å². The molecule has 2 aliphatic rings. The van der Waals surface area contributed by atoms with Crippen molar-refractivity contribution in [3.63, 3.8) is 0 Å². The summed E-state index contributed by atoms with van der Waals surface area (Å²) in [6.07, 6.45) is -12.8. The largest absolute Gasteiger partial charge is 0.435 e. The molecular formula is C22H18F8N2O3S. The van der Waals surface area contributed by atoms with Crippen LogP contribution in [0.4, 0.5) is 40.8 Å². The van der Waals surface area contributed by atoms with E-state index in [0.717, 1.165) is 24.3 Å². The number of carbonyl (C=O) groups is 1. The summed E-state index contributed by atoms with van der Waals surface area (Å²) < 4.78 is 134. The smallest absolute Gasteiger partial charge is 0.373 e. The summed E-state index contributed by atoms with van der Waals surface area (Å²) >= 11 is 0. The van der Waals surface area contributed by atoms with Gasteiger partial charge in [0.15, 0.2) is 20.4 Å². The predicted octanol–water partition coefficient (Wildman–Crippen LogP) is 4.12. The normalized spacial score (nSPS) is 23.6. The van der Waals surface area contributed by atoms with E-state index in [1.54, 1.807) is 0 Å². The number of alkyl halides is 7. The van der Waals surface area contributed by atoms with Crippen LogP contribution < -0.4 is 4.90 Å². The van der Waals surface area contributed by atoms with Crippen molar-refractivity contribution in [1.29, 1.82) is 0 Å². The number of nitrogens with zero attached hydrogens (tertiary/aromatic N) is 2. The van der Waals surface area contributed by atoms with Gasteiger partial charge >= 0.3 is 18.0 Å². The van der Waals surface area contributed by atoms with Crippen LogP contribution in [0.5, 0.6) is 0 Å². The van der Waals surface area contributed by atoms with Crippen LogP contribution in [0, 0.1) is 5.82 Å². The van der Waals surface area contributed by atoms with Crippen molar-refractivity contribution >= 4 is 21.3 Å². The molecular weight excluding hydrogens is 524 g/mol. The van der Waals surface area contributed by atoms with E-state index < -0.39 is 78.5 Å². The summed E-state index contributed by atoms with van der Waals surface area (Å²) in [4.78, 5) is 15.5. The zero-order valence-electron chi connectivity index (χ0n) is 18.6. The highest BCUT2D eigenvalue weighted by Crippen LogP contribution is 2.56. The van der Waals surface area contributed by atoms with Crippen LogP contribution in [0.3, 0.4) is 0 Å². The Morgan fingerprint density at radius 2 is 1.47 bits per heavy atom. The summed E-state index contributed by atoms with van der Waals surface area (Å²) in [5, 5.41) is 0. The Morgan fingerprint density at radius 1 is 0.917 bits per heavy atom. The zero-order chi connectivity index (χ0) is 27.1. The van der Waals surface area contributed by atoms with Crippen molar-refractivity contribution in [2.45, 2.75) is 33.7 Å². The minimum absolute atomic E-state index is 0.198. The monoisotopic (exact) mass is 542 g/mol. The fraction of sp³-hybridized carbons (Fsp3) is 0.409. The number of halogens is 8. The van der Waals surface area contributed by atoms with Crippen LogP contribution in [0.1, 0.15) is 11.1 Å². The molecule has 2 atom stereocenters. The molecule has 5 nitrogen and oxygen atoms in total. The molecule has 196 valence electrons. The second-order valence-corrected chi connectivity index (χ2v) is 10.9. The summed E-state index contributed by atoms with van der Waals surface area (Å²) in [6.45, 7) is -0.686. The number of sulfone groups is 1. The molecule has 2 aromatic carbocycles. The van der Waals surface area contributed by atoms with E-state index in [2.05, 4.69) is 0 Å². The molecule has 0 spiro atoms. The molecule has 1 fully saturated rings. The highest BCUT2D eigenvalue weighted by atomic mass is 32.2. The second kappa shape index (κ2) is 7.88. The third-order valence-corrected chi connectivity index (χ3v) is 9.25. The summed E-state index contributed by atoms with van der Waals surface area (Å²) in [5.41, 5.74) is -8.42. The van der Waals surface area contributed by atoms with Crippen LogP contribution in [0.25, 0.3) is 0 Å². The molecule has 36 heavy (non-hydrogen) atoms. The maximum atomic E-state index is 14.8. The SMILES string of the molecule is CN1CC2N(C)CC(=O)C2(S(=O)(=O)c2ccc(F)cc2)c2ccc(C(F)(C(F)(F)F)C(F)(F)F)cc21. The van der Waals surface area contributed by atoms with Gasteiger partial charge in [-0.2, -0.15) is 26.3 Å². The first-order chi connectivity index (χ1) is 16.4. The Bertz CT molecular complexity index is 1310. The molecule has 0 aliphatic carbocycles. The Hall–Kier alpha value is -2.74. The van der Waals surface area contributed by atoms with Crippen molar-refractivity contribution < 1.29 is 48.3 Å². The number of ketones is 1. The number of hydrogen-bond acceptors (Lipinski definition) is 5. The van der Waals surface area contributed by atoms with E-state index in [1.807, 2.05) is 0 Å². The maximum Gasteiger partial charge on any atom is 0.435 e. The second-order valence-electron chi connectivity index (χ2n) is 8.81. The van der Waals surface area contributed by atoms with Crippen LogP contribution in [0.2, 0.25) is 0 Å². The van der Waals surface area contributed by atoms with Crippen molar-refractivity contribution in [3.05, 3.63) is 59.4 Å². The van der Waals surface area contributed by atoms with E-state index >= 15 is 0 Å². The number of hydrogen-bond donors (Lipinski definition) is 0. The van der Waals surface area contributed by atoms with E-state index in [4.69, 9.17) is 0 Å². The van der Waals surface area contributed by atoms with Gasteiger partial charge in [-0.15, -0.1) is 0 Å². The van der Waals surface area contributed by atoms with Gasteiger partial charge in [-0.1, -0.05) is 12.1 Å². The average Bonchev–Trinajstić information content (AvgIpc) is 3.02. The molecule has 0 amide bonds. The molecule has 1 saturated heterocycles. The first-order valence-corrected chi connectivity index (χ1v) is 11.8. The molecule has 2 heterocycles. The van der Waals surface area contributed by atoms with E-state index in [-0.39, 0.29) is 18.7 Å². The van der Waals surface area contributed by atoms with Crippen molar-refractivity contribution in [1.82, 2.24) is 4.90 Å². The fourth-order valence-electron chi connectivity index (χ4n) is 5.04. The summed E-state index contributed by atoms with van der Waals surface area (Å²) in [5.74, 6) is -1.65. The van der Waals surface area contributed by atoms with Gasteiger partial charge in [0.2, 0.25) is 0 Å². The van der Waals surface area contributed by atoms with Crippen LogP contribution in [-0.2, 0) is 25.0 Å². The first kappa shape index (κ1) is 26.3. The molecule has 14 heteroatoms. The van der Waals surface area contributed by atoms with Gasteiger partial charge in [0.25, 0.3) is 0 Å². The average molecular weight is 542 g/mol. The third kappa shape index (κ3) is 3.29. The molecule has 2 aromatic rings. The minimum Gasteiger partial charge on any atom is -0.373 e. The molecule has 0 aromatic heterocycles. The number of rotatable bonds is 3. The Morgan fingerprint density at radius 3 is 2.00 bits per heavy atom. The third-order valence-electron chi connectivity index (χ3n) is 6.79.